The van der Waals surface area contributed by atoms with Crippen LogP contribution < -0.4 is 0 Å². The molecule has 1 aromatic rings. The normalized spacial score (nSPS) is 17.1. The van der Waals surface area contributed by atoms with Gasteiger partial charge in [-0.15, -0.1) is 0 Å². The van der Waals surface area contributed by atoms with Crippen molar-refractivity contribution in [3.05, 3.63) is 29.8 Å². The van der Waals surface area contributed by atoms with E-state index in [1.807, 2.05) is 19.1 Å². The molecule has 0 aliphatic carbocycles. The number of benzene rings is 1. The van der Waals surface area contributed by atoms with Crippen LogP contribution in [-0.4, -0.2) is 69.6 Å². The zero-order valence-electron chi connectivity index (χ0n) is 18.2. The second-order valence-corrected chi connectivity index (χ2v) is 12.1. The monoisotopic (exact) mass is 458 g/mol. The number of carbonyl (C=O) groups excluding carboxylic acids is 1. The van der Waals surface area contributed by atoms with Crippen molar-refractivity contribution >= 4 is 25.8 Å². The minimum atomic E-state index is -3.63. The molecule has 0 aromatic heterocycles. The van der Waals surface area contributed by atoms with Gasteiger partial charge in [0.1, 0.15) is 5.75 Å². The Hall–Kier alpha value is -1.45. The number of unbranched alkanes of at least 4 members (excludes halogenated alkanes) is 2. The number of carbonyl (C=O) groups is 1. The molecule has 0 spiro atoms. The predicted octanol–water partition coefficient (Wildman–Crippen LogP) is 2.64. The van der Waals surface area contributed by atoms with Crippen molar-refractivity contribution in [3.8, 4) is 0 Å². The van der Waals surface area contributed by atoms with Gasteiger partial charge >= 0.3 is 0 Å². The van der Waals surface area contributed by atoms with E-state index in [9.17, 15) is 21.6 Å². The molecule has 7 nitrogen and oxygen atoms in total. The Labute approximate surface area is 181 Å². The fourth-order valence-corrected chi connectivity index (χ4v) is 6.22. The lowest BCUT2D eigenvalue weighted by molar-refractivity contribution is -0.129. The van der Waals surface area contributed by atoms with Gasteiger partial charge in [-0.3, -0.25) is 4.79 Å². The Balaban J connectivity index is 1.95. The van der Waals surface area contributed by atoms with Crippen LogP contribution in [0.5, 0.6) is 0 Å². The smallest absolute Gasteiger partial charge is 0.243 e. The summed E-state index contributed by atoms with van der Waals surface area (Å²) < 4.78 is 51.4. The number of sulfone groups is 1. The summed E-state index contributed by atoms with van der Waals surface area (Å²) in [5, 5.41) is 0. The van der Waals surface area contributed by atoms with Crippen LogP contribution in [0.1, 0.15) is 57.9 Å². The molecule has 0 N–H and O–H groups in total. The third-order valence-corrected chi connectivity index (χ3v) is 9.20. The minimum absolute atomic E-state index is 0.0214. The van der Waals surface area contributed by atoms with Crippen LogP contribution in [0.25, 0.3) is 0 Å². The fraction of sp³-hybridized carbons (Fsp3) is 0.667. The topological polar surface area (TPSA) is 91.8 Å². The van der Waals surface area contributed by atoms with Crippen molar-refractivity contribution in [2.75, 3.05) is 37.7 Å². The highest BCUT2D eigenvalue weighted by Gasteiger charge is 2.31. The molecule has 1 saturated heterocycles. The highest BCUT2D eigenvalue weighted by atomic mass is 32.2. The van der Waals surface area contributed by atoms with E-state index in [4.69, 9.17) is 0 Å². The molecule has 1 heterocycles. The first-order valence-corrected chi connectivity index (χ1v) is 13.9. The van der Waals surface area contributed by atoms with Crippen molar-refractivity contribution in [2.24, 2.45) is 0 Å². The van der Waals surface area contributed by atoms with Gasteiger partial charge in [-0.2, -0.15) is 4.31 Å². The average Bonchev–Trinajstić information content (AvgIpc) is 2.73. The fourth-order valence-electron chi connectivity index (χ4n) is 3.45. The van der Waals surface area contributed by atoms with E-state index >= 15 is 0 Å². The second-order valence-electron chi connectivity index (χ2n) is 7.96. The lowest BCUT2D eigenvalue weighted by atomic mass is 9.99. The number of sulfonamides is 1. The van der Waals surface area contributed by atoms with Crippen LogP contribution >= 0.6 is 0 Å². The Morgan fingerprint density at radius 2 is 1.57 bits per heavy atom. The SMILES string of the molecule is CCCCCS(=O)(=O)CC(=O)N1CCN(S(=O)(=O)c2ccc(C(C)CC)cc2)CC1. The van der Waals surface area contributed by atoms with Gasteiger partial charge in [0.2, 0.25) is 15.9 Å². The molecule has 0 saturated carbocycles. The molecule has 1 aliphatic heterocycles. The average molecular weight is 459 g/mol. The van der Waals surface area contributed by atoms with Crippen LogP contribution in [0, 0.1) is 0 Å². The number of hydrogen-bond donors (Lipinski definition) is 0. The first-order valence-electron chi connectivity index (χ1n) is 10.7. The zero-order valence-corrected chi connectivity index (χ0v) is 19.8. The quantitative estimate of drug-likeness (QED) is 0.503. The molecule has 1 amide bonds. The summed E-state index contributed by atoms with van der Waals surface area (Å²) in [6.45, 7) is 6.91. The van der Waals surface area contributed by atoms with Gasteiger partial charge in [0.25, 0.3) is 0 Å². The molecule has 170 valence electrons. The van der Waals surface area contributed by atoms with E-state index < -0.39 is 31.5 Å². The molecule has 1 aromatic carbocycles. The third kappa shape index (κ3) is 6.52. The summed E-state index contributed by atoms with van der Waals surface area (Å²) >= 11 is 0. The van der Waals surface area contributed by atoms with Crippen molar-refractivity contribution in [2.45, 2.75) is 57.3 Å². The maximum absolute atomic E-state index is 12.9. The molecule has 0 bridgehead atoms. The number of amides is 1. The Morgan fingerprint density at radius 1 is 0.967 bits per heavy atom. The van der Waals surface area contributed by atoms with Gasteiger partial charge in [-0.1, -0.05) is 45.7 Å². The molecule has 1 atom stereocenters. The zero-order chi connectivity index (χ0) is 22.4. The molecule has 1 unspecified atom stereocenters. The Morgan fingerprint density at radius 3 is 2.10 bits per heavy atom. The van der Waals surface area contributed by atoms with E-state index in [0.717, 1.165) is 24.8 Å². The van der Waals surface area contributed by atoms with Gasteiger partial charge in [-0.25, -0.2) is 16.8 Å². The number of hydrogen-bond acceptors (Lipinski definition) is 5. The van der Waals surface area contributed by atoms with Crippen molar-refractivity contribution in [3.63, 3.8) is 0 Å². The highest BCUT2D eigenvalue weighted by Crippen LogP contribution is 2.23. The van der Waals surface area contributed by atoms with Gasteiger partial charge in [0.15, 0.2) is 9.84 Å². The molecule has 30 heavy (non-hydrogen) atoms. The minimum Gasteiger partial charge on any atom is -0.339 e. The maximum Gasteiger partial charge on any atom is 0.243 e. The molecule has 9 heteroatoms. The van der Waals surface area contributed by atoms with E-state index in [1.165, 1.54) is 9.21 Å². The summed E-state index contributed by atoms with van der Waals surface area (Å²) in [4.78, 5) is 14.1. The van der Waals surface area contributed by atoms with Gasteiger partial charge in [0, 0.05) is 26.2 Å². The second kappa shape index (κ2) is 10.7. The van der Waals surface area contributed by atoms with Crippen LogP contribution in [0.3, 0.4) is 0 Å². The number of nitrogens with zero attached hydrogens (tertiary/aromatic N) is 2. The van der Waals surface area contributed by atoms with Crippen LogP contribution in [-0.2, 0) is 24.7 Å². The number of rotatable bonds is 10. The van der Waals surface area contributed by atoms with E-state index in [2.05, 4.69) is 13.8 Å². The molecule has 2 rings (SSSR count). The van der Waals surface area contributed by atoms with Gasteiger partial charge in [-0.05, 0) is 36.5 Å². The van der Waals surface area contributed by atoms with Gasteiger partial charge < -0.3 is 4.90 Å². The standard InChI is InChI=1S/C21H34N2O5S2/c1-4-6-7-16-29(25,26)17-21(24)22-12-14-23(15-13-22)30(27,28)20-10-8-19(9-11-20)18(3)5-2/h8-11,18H,4-7,12-17H2,1-3H3. The lowest BCUT2D eigenvalue weighted by Crippen LogP contribution is -2.51. The maximum atomic E-state index is 12.9. The molecule has 0 radical (unpaired) electrons. The van der Waals surface area contributed by atoms with E-state index in [-0.39, 0.29) is 36.8 Å². The van der Waals surface area contributed by atoms with Crippen molar-refractivity contribution in [1.29, 1.82) is 0 Å². The van der Waals surface area contributed by atoms with Crippen molar-refractivity contribution in [1.82, 2.24) is 9.21 Å². The largest absolute Gasteiger partial charge is 0.339 e. The summed E-state index contributed by atoms with van der Waals surface area (Å²) in [5.74, 6) is -0.551. The van der Waals surface area contributed by atoms with Crippen LogP contribution in [0.2, 0.25) is 0 Å². The van der Waals surface area contributed by atoms with Gasteiger partial charge in [0.05, 0.1) is 10.6 Å². The van der Waals surface area contributed by atoms with E-state index in [0.29, 0.717) is 12.3 Å². The Bertz CT molecular complexity index is 903. The summed E-state index contributed by atoms with van der Waals surface area (Å²) in [6, 6.07) is 6.98. The lowest BCUT2D eigenvalue weighted by Gasteiger charge is -2.34. The summed E-state index contributed by atoms with van der Waals surface area (Å²) in [5.41, 5.74) is 1.10. The van der Waals surface area contributed by atoms with Crippen molar-refractivity contribution < 1.29 is 21.6 Å². The highest BCUT2D eigenvalue weighted by molar-refractivity contribution is 7.92. The van der Waals surface area contributed by atoms with Crippen LogP contribution in [0.4, 0.5) is 0 Å². The Kier molecular flexibility index (Phi) is 8.87. The first kappa shape index (κ1) is 24.8. The molecular weight excluding hydrogens is 424 g/mol. The molecule has 1 aliphatic rings. The first-order chi connectivity index (χ1) is 14.1. The van der Waals surface area contributed by atoms with E-state index in [1.54, 1.807) is 12.1 Å². The summed E-state index contributed by atoms with van der Waals surface area (Å²) in [6.07, 6.45) is 3.28. The molecular formula is C21H34N2O5S2. The number of piperazine rings is 1. The third-order valence-electron chi connectivity index (χ3n) is 5.69. The summed E-state index contributed by atoms with van der Waals surface area (Å²) in [7, 11) is -7.06. The predicted molar refractivity (Wildman–Crippen MR) is 119 cm³/mol. The van der Waals surface area contributed by atoms with Crippen LogP contribution in [0.15, 0.2) is 29.2 Å². The molecule has 1 fully saturated rings.